The van der Waals surface area contributed by atoms with Gasteiger partial charge in [0.1, 0.15) is 0 Å². The third-order valence-corrected chi connectivity index (χ3v) is 4.19. The van der Waals surface area contributed by atoms with Crippen LogP contribution in [0.4, 0.5) is 0 Å². The first-order chi connectivity index (χ1) is 9.33. The molecule has 3 rings (SSSR count). The molecule has 1 aliphatic rings. The lowest BCUT2D eigenvalue weighted by Gasteiger charge is -2.23. The van der Waals surface area contributed by atoms with Gasteiger partial charge in [-0.2, -0.15) is 0 Å². The van der Waals surface area contributed by atoms with E-state index in [0.29, 0.717) is 5.92 Å². The molecule has 1 N–H and O–H groups in total. The fraction of sp³-hybridized carbons (Fsp3) is 0.400. The highest BCUT2D eigenvalue weighted by Crippen LogP contribution is 2.23. The van der Waals surface area contributed by atoms with Crippen LogP contribution in [-0.2, 0) is 6.54 Å². The largest absolute Gasteiger partial charge is 0.330 e. The van der Waals surface area contributed by atoms with Crippen molar-refractivity contribution in [2.45, 2.75) is 25.3 Å². The van der Waals surface area contributed by atoms with Crippen LogP contribution in [0.15, 0.2) is 41.3 Å². The minimum Gasteiger partial charge on any atom is -0.330 e. The van der Waals surface area contributed by atoms with E-state index >= 15 is 0 Å². The van der Waals surface area contributed by atoms with E-state index in [2.05, 4.69) is 55.1 Å². The Morgan fingerprint density at radius 1 is 1.42 bits per heavy atom. The monoisotopic (exact) mass is 319 g/mol. The summed E-state index contributed by atoms with van der Waals surface area (Å²) in [5.74, 6) is 0.600. The molecule has 1 unspecified atom stereocenters. The molecule has 1 aromatic heterocycles. The number of nitrogens with zero attached hydrogens (tertiary/aromatic N) is 2. The zero-order valence-electron chi connectivity index (χ0n) is 10.8. The van der Waals surface area contributed by atoms with Crippen LogP contribution in [0.5, 0.6) is 0 Å². The molecule has 2 heterocycles. The summed E-state index contributed by atoms with van der Waals surface area (Å²) in [7, 11) is 0. The van der Waals surface area contributed by atoms with E-state index in [1.807, 2.05) is 12.5 Å². The number of hydrogen-bond acceptors (Lipinski definition) is 2. The SMILES string of the molecule is Brc1cccc(Cn2cncc2C2CCCNC2)c1. The zero-order valence-corrected chi connectivity index (χ0v) is 12.4. The summed E-state index contributed by atoms with van der Waals surface area (Å²) in [6, 6.07) is 8.47. The summed E-state index contributed by atoms with van der Waals surface area (Å²) in [4.78, 5) is 4.34. The molecule has 0 aliphatic carbocycles. The first-order valence-corrected chi connectivity index (χ1v) is 7.57. The van der Waals surface area contributed by atoms with Gasteiger partial charge >= 0.3 is 0 Å². The lowest BCUT2D eigenvalue weighted by Crippen LogP contribution is -2.29. The average molecular weight is 320 g/mol. The maximum absolute atomic E-state index is 4.34. The van der Waals surface area contributed by atoms with Crippen molar-refractivity contribution in [2.24, 2.45) is 0 Å². The van der Waals surface area contributed by atoms with Crippen molar-refractivity contribution in [3.63, 3.8) is 0 Å². The Labute approximate surface area is 122 Å². The predicted octanol–water partition coefficient (Wildman–Crippen LogP) is 3.16. The van der Waals surface area contributed by atoms with E-state index in [4.69, 9.17) is 0 Å². The van der Waals surface area contributed by atoms with Crippen molar-refractivity contribution >= 4 is 15.9 Å². The number of piperidine rings is 1. The van der Waals surface area contributed by atoms with Gasteiger partial charge in [0, 0.05) is 35.4 Å². The third-order valence-electron chi connectivity index (χ3n) is 3.70. The molecule has 1 atom stereocenters. The molecule has 1 aromatic carbocycles. The van der Waals surface area contributed by atoms with Gasteiger partial charge in [0.05, 0.1) is 6.33 Å². The number of rotatable bonds is 3. The molecule has 0 radical (unpaired) electrons. The van der Waals surface area contributed by atoms with Gasteiger partial charge in [0.25, 0.3) is 0 Å². The van der Waals surface area contributed by atoms with Crippen LogP contribution < -0.4 is 5.32 Å². The van der Waals surface area contributed by atoms with Crippen LogP contribution in [0.3, 0.4) is 0 Å². The topological polar surface area (TPSA) is 29.9 Å². The normalized spacial score (nSPS) is 19.5. The number of halogens is 1. The van der Waals surface area contributed by atoms with Crippen molar-refractivity contribution in [3.05, 3.63) is 52.5 Å². The molecule has 4 heteroatoms. The van der Waals surface area contributed by atoms with Gasteiger partial charge < -0.3 is 9.88 Å². The molecule has 3 nitrogen and oxygen atoms in total. The van der Waals surface area contributed by atoms with E-state index in [9.17, 15) is 0 Å². The highest BCUT2D eigenvalue weighted by molar-refractivity contribution is 9.10. The Balaban J connectivity index is 1.80. The van der Waals surface area contributed by atoms with Gasteiger partial charge in [-0.3, -0.25) is 0 Å². The van der Waals surface area contributed by atoms with Gasteiger partial charge in [0.15, 0.2) is 0 Å². The Morgan fingerprint density at radius 3 is 3.16 bits per heavy atom. The Kier molecular flexibility index (Phi) is 3.99. The standard InChI is InChI=1S/C15H18BrN3/c16-14-5-1-3-12(7-14)10-19-11-18-9-15(19)13-4-2-6-17-8-13/h1,3,5,7,9,11,13,17H,2,4,6,8,10H2. The lowest BCUT2D eigenvalue weighted by atomic mass is 9.96. The first kappa shape index (κ1) is 12.9. The third kappa shape index (κ3) is 3.07. The number of nitrogens with one attached hydrogen (secondary N) is 1. The summed E-state index contributed by atoms with van der Waals surface area (Å²) in [6.07, 6.45) is 6.49. The Morgan fingerprint density at radius 2 is 2.37 bits per heavy atom. The number of imidazole rings is 1. The molecule has 100 valence electrons. The number of benzene rings is 1. The van der Waals surface area contributed by atoms with E-state index in [0.717, 1.165) is 24.1 Å². The minimum atomic E-state index is 0.600. The van der Waals surface area contributed by atoms with E-state index in [-0.39, 0.29) is 0 Å². The molecule has 0 bridgehead atoms. The van der Waals surface area contributed by atoms with Crippen molar-refractivity contribution in [2.75, 3.05) is 13.1 Å². The van der Waals surface area contributed by atoms with Crippen LogP contribution >= 0.6 is 15.9 Å². The Bertz CT molecular complexity index is 544. The maximum atomic E-state index is 4.34. The second kappa shape index (κ2) is 5.88. The molecule has 19 heavy (non-hydrogen) atoms. The van der Waals surface area contributed by atoms with Crippen LogP contribution in [0.1, 0.15) is 30.0 Å². The summed E-state index contributed by atoms with van der Waals surface area (Å²) >= 11 is 3.53. The van der Waals surface area contributed by atoms with E-state index in [1.165, 1.54) is 24.1 Å². The molecule has 0 spiro atoms. The summed E-state index contributed by atoms with van der Waals surface area (Å²) < 4.78 is 3.41. The molecule has 0 amide bonds. The number of hydrogen-bond donors (Lipinski definition) is 1. The van der Waals surface area contributed by atoms with E-state index in [1.54, 1.807) is 0 Å². The van der Waals surface area contributed by atoms with Crippen molar-refractivity contribution < 1.29 is 0 Å². The van der Waals surface area contributed by atoms with Crippen molar-refractivity contribution in [3.8, 4) is 0 Å². The highest BCUT2D eigenvalue weighted by Gasteiger charge is 2.18. The van der Waals surface area contributed by atoms with Crippen LogP contribution in [0, 0.1) is 0 Å². The number of aromatic nitrogens is 2. The van der Waals surface area contributed by atoms with E-state index < -0.39 is 0 Å². The second-order valence-electron chi connectivity index (χ2n) is 5.12. The Hall–Kier alpha value is -1.13. The van der Waals surface area contributed by atoms with Gasteiger partial charge in [-0.05, 0) is 37.1 Å². The van der Waals surface area contributed by atoms with Crippen LogP contribution in [0.25, 0.3) is 0 Å². The van der Waals surface area contributed by atoms with Crippen molar-refractivity contribution in [1.29, 1.82) is 0 Å². The molecule has 1 fully saturated rings. The summed E-state index contributed by atoms with van der Waals surface area (Å²) in [6.45, 7) is 3.12. The predicted molar refractivity (Wildman–Crippen MR) is 80.3 cm³/mol. The highest BCUT2D eigenvalue weighted by atomic mass is 79.9. The maximum Gasteiger partial charge on any atom is 0.0951 e. The lowest BCUT2D eigenvalue weighted by molar-refractivity contribution is 0.444. The molecular formula is C15H18BrN3. The molecular weight excluding hydrogens is 302 g/mol. The minimum absolute atomic E-state index is 0.600. The van der Waals surface area contributed by atoms with Gasteiger partial charge in [-0.1, -0.05) is 28.1 Å². The van der Waals surface area contributed by atoms with Gasteiger partial charge in [0.2, 0.25) is 0 Å². The van der Waals surface area contributed by atoms with Gasteiger partial charge in [-0.25, -0.2) is 4.98 Å². The molecule has 2 aromatic rings. The molecule has 0 saturated carbocycles. The summed E-state index contributed by atoms with van der Waals surface area (Å²) in [5.41, 5.74) is 2.66. The fourth-order valence-corrected chi connectivity index (χ4v) is 3.19. The van der Waals surface area contributed by atoms with Crippen molar-refractivity contribution in [1.82, 2.24) is 14.9 Å². The second-order valence-corrected chi connectivity index (χ2v) is 6.04. The van der Waals surface area contributed by atoms with Gasteiger partial charge in [-0.15, -0.1) is 0 Å². The van der Waals surface area contributed by atoms with Crippen LogP contribution in [0.2, 0.25) is 0 Å². The summed E-state index contributed by atoms with van der Waals surface area (Å²) in [5, 5.41) is 3.47. The smallest absolute Gasteiger partial charge is 0.0951 e. The zero-order chi connectivity index (χ0) is 13.1. The molecule has 1 saturated heterocycles. The van der Waals surface area contributed by atoms with Crippen LogP contribution in [-0.4, -0.2) is 22.6 Å². The quantitative estimate of drug-likeness (QED) is 0.941. The average Bonchev–Trinajstić information content (AvgIpc) is 2.88. The fourth-order valence-electron chi connectivity index (χ4n) is 2.74. The first-order valence-electron chi connectivity index (χ1n) is 6.78. The molecule has 1 aliphatic heterocycles.